The van der Waals surface area contributed by atoms with Crippen LogP contribution < -0.4 is 19.5 Å². The molecule has 1 aromatic carbocycles. The van der Waals surface area contributed by atoms with E-state index in [4.69, 9.17) is 14.2 Å². The van der Waals surface area contributed by atoms with E-state index >= 15 is 0 Å². The molecule has 0 radical (unpaired) electrons. The molecule has 0 saturated heterocycles. The molecule has 1 unspecified atom stereocenters. The third-order valence-corrected chi connectivity index (χ3v) is 3.09. The Hall–Kier alpha value is -1.93. The van der Waals surface area contributed by atoms with Gasteiger partial charge in [0.25, 0.3) is 0 Å². The van der Waals surface area contributed by atoms with E-state index in [1.807, 2.05) is 39.0 Å². The molecule has 0 aliphatic carbocycles. The maximum atomic E-state index is 9.32. The number of benzene rings is 1. The second-order valence-electron chi connectivity index (χ2n) is 5.33. The molecule has 0 aromatic heterocycles. The van der Waals surface area contributed by atoms with Gasteiger partial charge < -0.3 is 14.2 Å². The largest absolute Gasteiger partial charge is 0.493 e. The molecule has 1 atom stereocenters. The summed E-state index contributed by atoms with van der Waals surface area (Å²) in [6.07, 6.45) is 0.558. The van der Waals surface area contributed by atoms with E-state index in [2.05, 4.69) is 11.4 Å². The number of hydrogen-bond donors (Lipinski definition) is 1. The smallest absolute Gasteiger partial charge is 0.203 e. The maximum Gasteiger partial charge on any atom is 0.203 e. The SMILES string of the molecule is COc1cccc(OC)c1OCCC(C)(C#N)NC(C)C. The van der Waals surface area contributed by atoms with Crippen LogP contribution in [0.15, 0.2) is 18.2 Å². The third-order valence-electron chi connectivity index (χ3n) is 3.09. The van der Waals surface area contributed by atoms with Gasteiger partial charge in [-0.05, 0) is 32.9 Å². The summed E-state index contributed by atoms with van der Waals surface area (Å²) >= 11 is 0. The minimum atomic E-state index is -0.622. The monoisotopic (exact) mass is 292 g/mol. The van der Waals surface area contributed by atoms with Crippen LogP contribution in [0.25, 0.3) is 0 Å². The van der Waals surface area contributed by atoms with Gasteiger partial charge in [0.1, 0.15) is 5.54 Å². The average molecular weight is 292 g/mol. The molecule has 0 spiro atoms. The van der Waals surface area contributed by atoms with Crippen molar-refractivity contribution in [2.75, 3.05) is 20.8 Å². The molecule has 0 fully saturated rings. The van der Waals surface area contributed by atoms with Crippen molar-refractivity contribution in [3.63, 3.8) is 0 Å². The van der Waals surface area contributed by atoms with Gasteiger partial charge >= 0.3 is 0 Å². The molecule has 0 heterocycles. The van der Waals surface area contributed by atoms with Crippen molar-refractivity contribution in [1.82, 2.24) is 5.32 Å². The number of nitriles is 1. The van der Waals surface area contributed by atoms with Gasteiger partial charge in [0, 0.05) is 12.5 Å². The molecular formula is C16H24N2O3. The number of para-hydroxylation sites is 1. The summed E-state index contributed by atoms with van der Waals surface area (Å²) in [7, 11) is 3.17. The van der Waals surface area contributed by atoms with Crippen LogP contribution in [-0.4, -0.2) is 32.4 Å². The highest BCUT2D eigenvalue weighted by atomic mass is 16.5. The van der Waals surface area contributed by atoms with Crippen LogP contribution in [-0.2, 0) is 0 Å². The molecule has 0 aliphatic rings. The summed E-state index contributed by atoms with van der Waals surface area (Å²) in [4.78, 5) is 0. The van der Waals surface area contributed by atoms with E-state index in [1.165, 1.54) is 0 Å². The summed E-state index contributed by atoms with van der Waals surface area (Å²) < 4.78 is 16.3. The predicted octanol–water partition coefficient (Wildman–Crippen LogP) is 2.75. The van der Waals surface area contributed by atoms with Crippen LogP contribution in [0.5, 0.6) is 17.2 Å². The second-order valence-corrected chi connectivity index (χ2v) is 5.33. The van der Waals surface area contributed by atoms with Crippen LogP contribution in [0.3, 0.4) is 0 Å². The topological polar surface area (TPSA) is 63.5 Å². The fourth-order valence-corrected chi connectivity index (χ4v) is 2.11. The number of nitrogens with zero attached hydrogens (tertiary/aromatic N) is 1. The maximum absolute atomic E-state index is 9.32. The molecule has 0 saturated carbocycles. The van der Waals surface area contributed by atoms with Crippen LogP contribution >= 0.6 is 0 Å². The lowest BCUT2D eigenvalue weighted by Crippen LogP contribution is -2.45. The summed E-state index contributed by atoms with van der Waals surface area (Å²) in [5, 5.41) is 12.6. The fraction of sp³-hybridized carbons (Fsp3) is 0.562. The Morgan fingerprint density at radius 1 is 1.24 bits per heavy atom. The molecule has 1 aromatic rings. The van der Waals surface area contributed by atoms with Gasteiger partial charge in [-0.25, -0.2) is 0 Å². The quantitative estimate of drug-likeness (QED) is 0.798. The average Bonchev–Trinajstić information content (AvgIpc) is 2.46. The number of hydrogen-bond acceptors (Lipinski definition) is 5. The Kier molecular flexibility index (Phi) is 6.32. The van der Waals surface area contributed by atoms with Crippen molar-refractivity contribution in [1.29, 1.82) is 5.26 Å². The standard InChI is InChI=1S/C16H24N2O3/c1-12(2)18-16(3,11-17)9-10-21-15-13(19-4)7-6-8-14(15)20-5/h6-8,12,18H,9-10H2,1-5H3. The van der Waals surface area contributed by atoms with E-state index in [1.54, 1.807) is 14.2 Å². The zero-order valence-electron chi connectivity index (χ0n) is 13.4. The number of nitrogens with one attached hydrogen (secondary N) is 1. The van der Waals surface area contributed by atoms with E-state index in [0.717, 1.165) is 0 Å². The van der Waals surface area contributed by atoms with Crippen molar-refractivity contribution in [2.24, 2.45) is 0 Å². The van der Waals surface area contributed by atoms with Crippen molar-refractivity contribution in [3.05, 3.63) is 18.2 Å². The second kappa shape index (κ2) is 7.75. The van der Waals surface area contributed by atoms with Gasteiger partial charge in [0.2, 0.25) is 5.75 Å². The molecule has 0 amide bonds. The lowest BCUT2D eigenvalue weighted by atomic mass is 9.99. The summed E-state index contributed by atoms with van der Waals surface area (Å²) in [5.74, 6) is 1.79. The highest BCUT2D eigenvalue weighted by Gasteiger charge is 2.24. The lowest BCUT2D eigenvalue weighted by molar-refractivity contribution is 0.239. The lowest BCUT2D eigenvalue weighted by Gasteiger charge is -2.26. The number of methoxy groups -OCH3 is 2. The summed E-state index contributed by atoms with van der Waals surface area (Å²) in [6, 6.07) is 8.00. The minimum Gasteiger partial charge on any atom is -0.493 e. The van der Waals surface area contributed by atoms with Crippen LogP contribution in [0.4, 0.5) is 0 Å². The van der Waals surface area contributed by atoms with Gasteiger partial charge in [-0.3, -0.25) is 5.32 Å². The molecule has 0 bridgehead atoms. The van der Waals surface area contributed by atoms with Gasteiger partial charge in [-0.1, -0.05) is 6.07 Å². The molecular weight excluding hydrogens is 268 g/mol. The first-order chi connectivity index (χ1) is 9.95. The Labute approximate surface area is 126 Å². The zero-order chi connectivity index (χ0) is 15.9. The first-order valence-corrected chi connectivity index (χ1v) is 6.98. The minimum absolute atomic E-state index is 0.232. The first-order valence-electron chi connectivity index (χ1n) is 6.98. The molecule has 21 heavy (non-hydrogen) atoms. The van der Waals surface area contributed by atoms with Crippen molar-refractivity contribution < 1.29 is 14.2 Å². The highest BCUT2D eigenvalue weighted by Crippen LogP contribution is 2.36. The van der Waals surface area contributed by atoms with E-state index in [9.17, 15) is 5.26 Å². The van der Waals surface area contributed by atoms with E-state index in [-0.39, 0.29) is 6.04 Å². The molecule has 5 heteroatoms. The zero-order valence-corrected chi connectivity index (χ0v) is 13.4. The predicted molar refractivity (Wildman–Crippen MR) is 81.9 cm³/mol. The Morgan fingerprint density at radius 2 is 1.81 bits per heavy atom. The van der Waals surface area contributed by atoms with Gasteiger partial charge in [-0.2, -0.15) is 5.26 Å². The van der Waals surface area contributed by atoms with Crippen molar-refractivity contribution in [3.8, 4) is 23.3 Å². The summed E-state index contributed by atoms with van der Waals surface area (Å²) in [5.41, 5.74) is -0.622. The van der Waals surface area contributed by atoms with Crippen LogP contribution in [0.1, 0.15) is 27.2 Å². The third kappa shape index (κ3) is 4.83. The Morgan fingerprint density at radius 3 is 2.24 bits per heavy atom. The highest BCUT2D eigenvalue weighted by molar-refractivity contribution is 5.51. The molecule has 5 nitrogen and oxygen atoms in total. The number of rotatable bonds is 8. The van der Waals surface area contributed by atoms with Gasteiger partial charge in [0.05, 0.1) is 26.9 Å². The van der Waals surface area contributed by atoms with Gasteiger partial charge in [-0.15, -0.1) is 0 Å². The molecule has 0 aliphatic heterocycles. The van der Waals surface area contributed by atoms with E-state index in [0.29, 0.717) is 30.3 Å². The Balaban J connectivity index is 2.74. The first kappa shape index (κ1) is 17.1. The molecule has 116 valence electrons. The fourth-order valence-electron chi connectivity index (χ4n) is 2.11. The van der Waals surface area contributed by atoms with Gasteiger partial charge in [0.15, 0.2) is 11.5 Å². The Bertz CT molecular complexity index is 475. The van der Waals surface area contributed by atoms with Crippen molar-refractivity contribution >= 4 is 0 Å². The molecule has 1 N–H and O–H groups in total. The normalized spacial score (nSPS) is 13.4. The van der Waals surface area contributed by atoms with Crippen molar-refractivity contribution in [2.45, 2.75) is 38.8 Å². The van der Waals surface area contributed by atoms with E-state index < -0.39 is 5.54 Å². The summed E-state index contributed by atoms with van der Waals surface area (Å²) in [6.45, 7) is 6.29. The van der Waals surface area contributed by atoms with Crippen LogP contribution in [0, 0.1) is 11.3 Å². The number of ether oxygens (including phenoxy) is 3. The van der Waals surface area contributed by atoms with Crippen LogP contribution in [0.2, 0.25) is 0 Å². The molecule has 1 rings (SSSR count).